The van der Waals surface area contributed by atoms with Crippen molar-refractivity contribution in [1.82, 2.24) is 10.5 Å². The molecule has 1 aromatic carbocycles. The van der Waals surface area contributed by atoms with E-state index in [4.69, 9.17) is 9.26 Å². The minimum atomic E-state index is 0.621. The van der Waals surface area contributed by atoms with Gasteiger partial charge in [-0.15, -0.1) is 0 Å². The Hall–Kier alpha value is -1.33. The second-order valence-electron chi connectivity index (χ2n) is 3.46. The minimum Gasteiger partial charge on any atom is -0.492 e. The number of hydrogen-bond donors (Lipinski definition) is 1. The molecule has 90 valence electrons. The lowest BCUT2D eigenvalue weighted by Crippen LogP contribution is -2.20. The van der Waals surface area contributed by atoms with Crippen LogP contribution in [0.25, 0.3) is 0 Å². The molecule has 0 aliphatic carbocycles. The smallest absolute Gasteiger partial charge is 0.150 e. The molecule has 0 saturated carbocycles. The highest BCUT2D eigenvalue weighted by Gasteiger charge is 1.96. The standard InChI is InChI=1S/C12H13BrN2O2/c13-10-1-3-11(4-2-10)16-8-7-14-9-12-5-6-15-17-12/h1-6,14H,7-9H2. The average Bonchev–Trinajstić information content (AvgIpc) is 2.84. The normalized spacial score (nSPS) is 10.4. The lowest BCUT2D eigenvalue weighted by molar-refractivity contribution is 0.307. The Morgan fingerprint density at radius 1 is 1.24 bits per heavy atom. The van der Waals surface area contributed by atoms with Crippen LogP contribution in [0.1, 0.15) is 5.76 Å². The van der Waals surface area contributed by atoms with Gasteiger partial charge in [-0.1, -0.05) is 21.1 Å². The third-order valence-electron chi connectivity index (χ3n) is 2.15. The van der Waals surface area contributed by atoms with Crippen LogP contribution in [0.15, 0.2) is 45.5 Å². The maximum Gasteiger partial charge on any atom is 0.150 e. The number of halogens is 1. The molecule has 0 unspecified atom stereocenters. The Morgan fingerprint density at radius 2 is 2.06 bits per heavy atom. The van der Waals surface area contributed by atoms with Gasteiger partial charge in [0.25, 0.3) is 0 Å². The van der Waals surface area contributed by atoms with Crippen molar-refractivity contribution < 1.29 is 9.26 Å². The average molecular weight is 297 g/mol. The van der Waals surface area contributed by atoms with Crippen molar-refractivity contribution in [2.75, 3.05) is 13.2 Å². The molecule has 0 spiro atoms. The van der Waals surface area contributed by atoms with Gasteiger partial charge in [0.1, 0.15) is 18.1 Å². The van der Waals surface area contributed by atoms with Crippen LogP contribution >= 0.6 is 15.9 Å². The lowest BCUT2D eigenvalue weighted by atomic mass is 10.3. The van der Waals surface area contributed by atoms with Gasteiger partial charge in [0.15, 0.2) is 0 Å². The van der Waals surface area contributed by atoms with Crippen LogP contribution in [0, 0.1) is 0 Å². The van der Waals surface area contributed by atoms with Gasteiger partial charge in [0.05, 0.1) is 12.7 Å². The summed E-state index contributed by atoms with van der Waals surface area (Å²) in [6, 6.07) is 9.61. The van der Waals surface area contributed by atoms with Gasteiger partial charge in [-0.05, 0) is 24.3 Å². The van der Waals surface area contributed by atoms with Gasteiger partial charge in [-0.25, -0.2) is 0 Å². The third kappa shape index (κ3) is 4.20. The molecular weight excluding hydrogens is 284 g/mol. The van der Waals surface area contributed by atoms with Crippen LogP contribution in [0.5, 0.6) is 5.75 Å². The zero-order valence-electron chi connectivity index (χ0n) is 9.23. The highest BCUT2D eigenvalue weighted by molar-refractivity contribution is 9.10. The summed E-state index contributed by atoms with van der Waals surface area (Å²) < 4.78 is 11.6. The molecule has 0 bridgehead atoms. The molecule has 4 nitrogen and oxygen atoms in total. The molecule has 1 aromatic heterocycles. The molecule has 5 heteroatoms. The van der Waals surface area contributed by atoms with Gasteiger partial charge >= 0.3 is 0 Å². The first-order valence-corrected chi connectivity index (χ1v) is 6.12. The summed E-state index contributed by atoms with van der Waals surface area (Å²) in [7, 11) is 0. The topological polar surface area (TPSA) is 47.3 Å². The summed E-state index contributed by atoms with van der Waals surface area (Å²) in [6.07, 6.45) is 1.63. The van der Waals surface area contributed by atoms with E-state index in [1.165, 1.54) is 0 Å². The van der Waals surface area contributed by atoms with Crippen LogP contribution in [-0.4, -0.2) is 18.3 Å². The number of rotatable bonds is 6. The maximum atomic E-state index is 5.55. The summed E-state index contributed by atoms with van der Waals surface area (Å²) in [5.74, 6) is 1.70. The molecule has 0 atom stereocenters. The zero-order chi connectivity index (χ0) is 11.9. The molecule has 2 aromatic rings. The monoisotopic (exact) mass is 296 g/mol. The zero-order valence-corrected chi connectivity index (χ0v) is 10.8. The van der Waals surface area contributed by atoms with Crippen LogP contribution in [0.4, 0.5) is 0 Å². The summed E-state index contributed by atoms with van der Waals surface area (Å²) >= 11 is 3.38. The summed E-state index contributed by atoms with van der Waals surface area (Å²) in [6.45, 7) is 2.05. The third-order valence-corrected chi connectivity index (χ3v) is 2.68. The Bertz CT molecular complexity index is 428. The van der Waals surface area contributed by atoms with Crippen molar-refractivity contribution in [2.45, 2.75) is 6.54 Å². The van der Waals surface area contributed by atoms with E-state index < -0.39 is 0 Å². The number of nitrogens with one attached hydrogen (secondary N) is 1. The van der Waals surface area contributed by atoms with E-state index in [1.54, 1.807) is 6.20 Å². The highest BCUT2D eigenvalue weighted by atomic mass is 79.9. The number of aromatic nitrogens is 1. The van der Waals surface area contributed by atoms with Crippen LogP contribution in [0.2, 0.25) is 0 Å². The van der Waals surface area contributed by atoms with Crippen molar-refractivity contribution in [3.05, 3.63) is 46.8 Å². The first kappa shape index (κ1) is 12.1. The van der Waals surface area contributed by atoms with E-state index in [9.17, 15) is 0 Å². The summed E-state index contributed by atoms with van der Waals surface area (Å²) in [4.78, 5) is 0. The van der Waals surface area contributed by atoms with E-state index in [-0.39, 0.29) is 0 Å². The fraction of sp³-hybridized carbons (Fsp3) is 0.250. The molecule has 0 amide bonds. The van der Waals surface area contributed by atoms with E-state index in [2.05, 4.69) is 26.4 Å². The highest BCUT2D eigenvalue weighted by Crippen LogP contribution is 2.15. The molecular formula is C12H13BrN2O2. The summed E-state index contributed by atoms with van der Waals surface area (Å²) in [5, 5.41) is 6.83. The second-order valence-corrected chi connectivity index (χ2v) is 4.37. The Labute approximate surface area is 108 Å². The van der Waals surface area contributed by atoms with E-state index in [1.807, 2.05) is 30.3 Å². The van der Waals surface area contributed by atoms with Gasteiger partial charge < -0.3 is 14.6 Å². The molecule has 0 aliphatic rings. The van der Waals surface area contributed by atoms with Gasteiger partial charge in [0.2, 0.25) is 0 Å². The Balaban J connectivity index is 1.61. The Morgan fingerprint density at radius 3 is 2.76 bits per heavy atom. The van der Waals surface area contributed by atoms with Crippen molar-refractivity contribution in [1.29, 1.82) is 0 Å². The van der Waals surface area contributed by atoms with Crippen LogP contribution in [0.3, 0.4) is 0 Å². The SMILES string of the molecule is Brc1ccc(OCCNCc2ccno2)cc1. The largest absolute Gasteiger partial charge is 0.492 e. The molecule has 2 rings (SSSR count). The van der Waals surface area contributed by atoms with Crippen molar-refractivity contribution in [2.24, 2.45) is 0 Å². The number of hydrogen-bond acceptors (Lipinski definition) is 4. The summed E-state index contributed by atoms with van der Waals surface area (Å²) in [5.41, 5.74) is 0. The van der Waals surface area contributed by atoms with Crippen LogP contribution in [-0.2, 0) is 6.54 Å². The van der Waals surface area contributed by atoms with Gasteiger partial charge in [0, 0.05) is 17.1 Å². The molecule has 1 heterocycles. The predicted octanol–water partition coefficient (Wildman–Crippen LogP) is 2.61. The first-order valence-electron chi connectivity index (χ1n) is 5.33. The van der Waals surface area contributed by atoms with Gasteiger partial charge in [-0.3, -0.25) is 0 Å². The van der Waals surface area contributed by atoms with E-state index in [0.717, 1.165) is 22.5 Å². The van der Waals surface area contributed by atoms with Crippen molar-refractivity contribution >= 4 is 15.9 Å². The lowest BCUT2D eigenvalue weighted by Gasteiger charge is -2.06. The fourth-order valence-electron chi connectivity index (χ4n) is 1.32. The number of ether oxygens (including phenoxy) is 1. The maximum absolute atomic E-state index is 5.55. The van der Waals surface area contributed by atoms with E-state index in [0.29, 0.717) is 13.2 Å². The molecule has 0 radical (unpaired) electrons. The number of benzene rings is 1. The second kappa shape index (κ2) is 6.42. The fourth-order valence-corrected chi connectivity index (χ4v) is 1.58. The van der Waals surface area contributed by atoms with Gasteiger partial charge in [-0.2, -0.15) is 0 Å². The van der Waals surface area contributed by atoms with Crippen LogP contribution < -0.4 is 10.1 Å². The van der Waals surface area contributed by atoms with Crippen molar-refractivity contribution in [3.8, 4) is 5.75 Å². The number of nitrogens with zero attached hydrogens (tertiary/aromatic N) is 1. The Kier molecular flexibility index (Phi) is 4.58. The molecule has 1 N–H and O–H groups in total. The molecule has 17 heavy (non-hydrogen) atoms. The quantitative estimate of drug-likeness (QED) is 0.833. The molecule has 0 fully saturated rings. The van der Waals surface area contributed by atoms with E-state index >= 15 is 0 Å². The first-order chi connectivity index (χ1) is 8.34. The van der Waals surface area contributed by atoms with Crippen molar-refractivity contribution in [3.63, 3.8) is 0 Å². The minimum absolute atomic E-state index is 0.621. The predicted molar refractivity (Wildman–Crippen MR) is 67.8 cm³/mol. The molecule has 0 aliphatic heterocycles. The molecule has 0 saturated heterocycles.